The molecule has 0 saturated carbocycles. The van der Waals surface area contributed by atoms with Gasteiger partial charge in [-0.3, -0.25) is 4.79 Å². The van der Waals surface area contributed by atoms with Gasteiger partial charge in [0.1, 0.15) is 0 Å². The maximum absolute atomic E-state index is 11.9. The Hall–Kier alpha value is -1.77. The van der Waals surface area contributed by atoms with Gasteiger partial charge in [-0.15, -0.1) is 0 Å². The quantitative estimate of drug-likeness (QED) is 0.864. The third-order valence-corrected chi connectivity index (χ3v) is 3.14. The van der Waals surface area contributed by atoms with Crippen LogP contribution in [0.1, 0.15) is 30.6 Å². The lowest BCUT2D eigenvalue weighted by Crippen LogP contribution is -2.31. The van der Waals surface area contributed by atoms with Crippen molar-refractivity contribution in [1.82, 2.24) is 9.88 Å². The minimum absolute atomic E-state index is 0.00473. The number of aromatic nitrogens is 1. The molecule has 1 N–H and O–H groups in total. The molecule has 17 heavy (non-hydrogen) atoms. The maximum Gasteiger partial charge on any atom is 0.251 e. The summed E-state index contributed by atoms with van der Waals surface area (Å²) in [6.07, 6.45) is 2.94. The van der Waals surface area contributed by atoms with Gasteiger partial charge < -0.3 is 9.88 Å². The number of carbonyl (C=O) groups is 1. The number of benzene rings is 1. The predicted molar refractivity (Wildman–Crippen MR) is 70.1 cm³/mol. The van der Waals surface area contributed by atoms with E-state index in [0.29, 0.717) is 0 Å². The van der Waals surface area contributed by atoms with Crippen LogP contribution in [-0.4, -0.2) is 16.5 Å². The number of hydrogen-bond acceptors (Lipinski definition) is 1. The molecule has 0 fully saturated rings. The number of aryl methyl sites for hydroxylation is 1. The summed E-state index contributed by atoms with van der Waals surface area (Å²) < 4.78 is 2.05. The topological polar surface area (TPSA) is 34.0 Å². The van der Waals surface area contributed by atoms with Crippen molar-refractivity contribution in [2.75, 3.05) is 0 Å². The number of amides is 1. The van der Waals surface area contributed by atoms with Gasteiger partial charge in [0.25, 0.3) is 5.91 Å². The van der Waals surface area contributed by atoms with Crippen LogP contribution < -0.4 is 5.32 Å². The molecule has 0 spiro atoms. The van der Waals surface area contributed by atoms with Gasteiger partial charge in [0.15, 0.2) is 0 Å². The predicted octanol–water partition coefficient (Wildman–Crippen LogP) is 2.71. The second-order valence-electron chi connectivity index (χ2n) is 4.48. The molecule has 0 aliphatic rings. The van der Waals surface area contributed by atoms with Crippen molar-refractivity contribution in [2.24, 2.45) is 7.05 Å². The van der Waals surface area contributed by atoms with Crippen molar-refractivity contribution in [1.29, 1.82) is 0 Å². The second-order valence-corrected chi connectivity index (χ2v) is 4.48. The lowest BCUT2D eigenvalue weighted by Gasteiger charge is -2.11. The van der Waals surface area contributed by atoms with Crippen molar-refractivity contribution in [2.45, 2.75) is 26.3 Å². The number of nitrogens with zero attached hydrogens (tertiary/aromatic N) is 1. The van der Waals surface area contributed by atoms with Crippen molar-refractivity contribution in [3.8, 4) is 0 Å². The molecule has 3 nitrogen and oxygen atoms in total. The Morgan fingerprint density at radius 3 is 2.88 bits per heavy atom. The molecule has 0 bridgehead atoms. The van der Waals surface area contributed by atoms with E-state index in [0.717, 1.165) is 22.9 Å². The zero-order valence-corrected chi connectivity index (χ0v) is 10.5. The average molecular weight is 230 g/mol. The molecule has 0 aliphatic carbocycles. The molecule has 90 valence electrons. The van der Waals surface area contributed by atoms with Crippen LogP contribution in [0.15, 0.2) is 30.5 Å². The minimum Gasteiger partial charge on any atom is -0.351 e. The van der Waals surface area contributed by atoms with Gasteiger partial charge in [-0.1, -0.05) is 6.92 Å². The fourth-order valence-corrected chi connectivity index (χ4v) is 1.83. The van der Waals surface area contributed by atoms with Gasteiger partial charge in [0.2, 0.25) is 0 Å². The van der Waals surface area contributed by atoms with Crippen LogP contribution in [0.25, 0.3) is 10.9 Å². The Morgan fingerprint density at radius 1 is 1.41 bits per heavy atom. The summed E-state index contributed by atoms with van der Waals surface area (Å²) in [5, 5.41) is 4.07. The summed E-state index contributed by atoms with van der Waals surface area (Å²) in [6.45, 7) is 4.07. The van der Waals surface area contributed by atoms with Crippen LogP contribution in [0.3, 0.4) is 0 Å². The van der Waals surface area contributed by atoms with Crippen LogP contribution >= 0.6 is 0 Å². The number of hydrogen-bond donors (Lipinski definition) is 1. The molecule has 1 atom stereocenters. The summed E-state index contributed by atoms with van der Waals surface area (Å²) in [4.78, 5) is 11.9. The molecular weight excluding hydrogens is 212 g/mol. The standard InChI is InChI=1S/C14H18N2O/c1-4-10(2)15-14(17)12-5-6-13-11(9-12)7-8-16(13)3/h5-10H,4H2,1-3H3,(H,15,17)/t10-/m0/s1. The Kier molecular flexibility index (Phi) is 3.18. The molecule has 1 aromatic carbocycles. The molecule has 0 saturated heterocycles. The lowest BCUT2D eigenvalue weighted by molar-refractivity contribution is 0.0939. The van der Waals surface area contributed by atoms with Crippen molar-refractivity contribution < 1.29 is 4.79 Å². The van der Waals surface area contributed by atoms with E-state index in [1.807, 2.05) is 49.0 Å². The highest BCUT2D eigenvalue weighted by molar-refractivity contribution is 5.98. The zero-order chi connectivity index (χ0) is 12.4. The van der Waals surface area contributed by atoms with Crippen LogP contribution in [0, 0.1) is 0 Å². The first-order valence-corrected chi connectivity index (χ1v) is 5.97. The normalized spacial score (nSPS) is 12.6. The molecule has 3 heteroatoms. The Balaban J connectivity index is 2.27. The van der Waals surface area contributed by atoms with Gasteiger partial charge in [0, 0.05) is 35.8 Å². The molecule has 2 rings (SSSR count). The van der Waals surface area contributed by atoms with E-state index in [-0.39, 0.29) is 11.9 Å². The zero-order valence-electron chi connectivity index (χ0n) is 10.5. The third kappa shape index (κ3) is 2.33. The highest BCUT2D eigenvalue weighted by Gasteiger charge is 2.09. The summed E-state index contributed by atoms with van der Waals surface area (Å²) in [5.41, 5.74) is 1.87. The Morgan fingerprint density at radius 2 is 2.18 bits per heavy atom. The SMILES string of the molecule is CC[C@H](C)NC(=O)c1ccc2c(ccn2C)c1. The van der Waals surface area contributed by atoms with Gasteiger partial charge in [-0.2, -0.15) is 0 Å². The van der Waals surface area contributed by atoms with Gasteiger partial charge in [-0.05, 0) is 37.6 Å². The van der Waals surface area contributed by atoms with Gasteiger partial charge >= 0.3 is 0 Å². The highest BCUT2D eigenvalue weighted by atomic mass is 16.1. The van der Waals surface area contributed by atoms with Crippen LogP contribution in [0.5, 0.6) is 0 Å². The lowest BCUT2D eigenvalue weighted by atomic mass is 10.1. The first-order valence-electron chi connectivity index (χ1n) is 5.97. The van der Waals surface area contributed by atoms with Crippen molar-refractivity contribution in [3.05, 3.63) is 36.0 Å². The monoisotopic (exact) mass is 230 g/mol. The molecule has 0 unspecified atom stereocenters. The van der Waals surface area contributed by atoms with Gasteiger partial charge in [0.05, 0.1) is 0 Å². The fourth-order valence-electron chi connectivity index (χ4n) is 1.83. The average Bonchev–Trinajstić information content (AvgIpc) is 2.70. The Bertz CT molecular complexity index is 542. The Labute approximate surface area is 101 Å². The number of fused-ring (bicyclic) bond motifs is 1. The molecule has 1 amide bonds. The maximum atomic E-state index is 11.9. The summed E-state index contributed by atoms with van der Waals surface area (Å²) in [5.74, 6) is 0.00473. The van der Waals surface area contributed by atoms with Crippen LogP contribution in [0.4, 0.5) is 0 Å². The van der Waals surface area contributed by atoms with E-state index in [4.69, 9.17) is 0 Å². The van der Waals surface area contributed by atoms with Crippen LogP contribution in [-0.2, 0) is 7.05 Å². The van der Waals surface area contributed by atoms with E-state index in [2.05, 4.69) is 12.2 Å². The molecule has 0 aliphatic heterocycles. The molecule has 2 aromatic rings. The number of nitrogens with one attached hydrogen (secondary N) is 1. The van der Waals surface area contributed by atoms with E-state index in [1.165, 1.54) is 0 Å². The number of carbonyl (C=O) groups excluding carboxylic acids is 1. The van der Waals surface area contributed by atoms with Crippen molar-refractivity contribution in [3.63, 3.8) is 0 Å². The second kappa shape index (κ2) is 4.62. The minimum atomic E-state index is 0.00473. The van der Waals surface area contributed by atoms with Crippen molar-refractivity contribution >= 4 is 16.8 Å². The molecule has 1 aromatic heterocycles. The first kappa shape index (κ1) is 11.7. The molecular formula is C14H18N2O. The van der Waals surface area contributed by atoms with E-state index < -0.39 is 0 Å². The third-order valence-electron chi connectivity index (χ3n) is 3.14. The summed E-state index contributed by atoms with van der Waals surface area (Å²) in [7, 11) is 2.00. The first-order chi connectivity index (χ1) is 8.11. The largest absolute Gasteiger partial charge is 0.351 e. The van der Waals surface area contributed by atoms with E-state index in [9.17, 15) is 4.79 Å². The summed E-state index contributed by atoms with van der Waals surface area (Å²) >= 11 is 0. The smallest absolute Gasteiger partial charge is 0.251 e. The van der Waals surface area contributed by atoms with Gasteiger partial charge in [-0.25, -0.2) is 0 Å². The van der Waals surface area contributed by atoms with E-state index >= 15 is 0 Å². The van der Waals surface area contributed by atoms with E-state index in [1.54, 1.807) is 0 Å². The molecule has 1 heterocycles. The van der Waals surface area contributed by atoms with Crippen LogP contribution in [0.2, 0.25) is 0 Å². The summed E-state index contributed by atoms with van der Waals surface area (Å²) in [6, 6.07) is 8.04. The molecule has 0 radical (unpaired) electrons. The fraction of sp³-hybridized carbons (Fsp3) is 0.357. The highest BCUT2D eigenvalue weighted by Crippen LogP contribution is 2.16. The number of rotatable bonds is 3.